The predicted molar refractivity (Wildman–Crippen MR) is 68.8 cm³/mol. The number of hydrogen-bond donors (Lipinski definition) is 2. The maximum absolute atomic E-state index is 12.1. The fraction of sp³-hybridized carbons (Fsp3) is 0.636. The van der Waals surface area contributed by atoms with Crippen molar-refractivity contribution >= 4 is 15.9 Å². The highest BCUT2D eigenvalue weighted by molar-refractivity contribution is 7.89. The van der Waals surface area contributed by atoms with Crippen LogP contribution in [0.25, 0.3) is 0 Å². The smallest absolute Gasteiger partial charge is 0.258 e. The fourth-order valence-corrected chi connectivity index (χ4v) is 3.23. The number of rotatable bonds is 4. The molecule has 2 N–H and O–H groups in total. The minimum absolute atomic E-state index is 0.0363. The molecule has 0 saturated carbocycles. The number of carbonyl (C=O) groups is 1. The lowest BCUT2D eigenvalue weighted by atomic mass is 10.1. The maximum atomic E-state index is 12.1. The highest BCUT2D eigenvalue weighted by Crippen LogP contribution is 2.11. The third-order valence-corrected chi connectivity index (χ3v) is 4.61. The first-order chi connectivity index (χ1) is 9.00. The van der Waals surface area contributed by atoms with E-state index in [0.717, 1.165) is 19.3 Å². The molecule has 1 amide bonds. The molecule has 0 aromatic carbocycles. The molecule has 1 aromatic heterocycles. The average Bonchev–Trinajstić information content (AvgIpc) is 2.93. The first kappa shape index (κ1) is 14.0. The second kappa shape index (κ2) is 5.70. The topological polar surface area (TPSA) is 95.2 Å². The van der Waals surface area contributed by atoms with E-state index < -0.39 is 16.1 Å². The van der Waals surface area contributed by atoms with E-state index in [1.54, 1.807) is 11.8 Å². The van der Waals surface area contributed by atoms with Crippen LogP contribution in [0.2, 0.25) is 0 Å². The van der Waals surface area contributed by atoms with Gasteiger partial charge in [0.15, 0.2) is 5.03 Å². The molecule has 0 spiro atoms. The molecule has 1 aromatic rings. The number of sulfonamides is 1. The summed E-state index contributed by atoms with van der Waals surface area (Å²) in [5.41, 5.74) is 0. The van der Waals surface area contributed by atoms with E-state index in [4.69, 9.17) is 0 Å². The van der Waals surface area contributed by atoms with Crippen molar-refractivity contribution in [1.82, 2.24) is 19.8 Å². The van der Waals surface area contributed by atoms with E-state index in [2.05, 4.69) is 14.9 Å². The molecular formula is C11H18N4O3S. The van der Waals surface area contributed by atoms with Gasteiger partial charge in [0.1, 0.15) is 0 Å². The van der Waals surface area contributed by atoms with E-state index in [0.29, 0.717) is 13.1 Å². The van der Waals surface area contributed by atoms with Crippen LogP contribution in [0, 0.1) is 0 Å². The van der Waals surface area contributed by atoms with E-state index in [1.807, 2.05) is 0 Å². The van der Waals surface area contributed by atoms with Crippen LogP contribution in [0.5, 0.6) is 0 Å². The van der Waals surface area contributed by atoms with Crippen molar-refractivity contribution in [1.29, 1.82) is 0 Å². The van der Waals surface area contributed by atoms with Crippen molar-refractivity contribution in [2.45, 2.75) is 37.3 Å². The number of aromatic nitrogens is 2. The number of piperidine rings is 1. The fourth-order valence-electron chi connectivity index (χ4n) is 2.13. The van der Waals surface area contributed by atoms with Crippen molar-refractivity contribution < 1.29 is 13.2 Å². The number of nitrogens with zero attached hydrogens (tertiary/aromatic N) is 2. The van der Waals surface area contributed by atoms with Crippen LogP contribution in [-0.2, 0) is 14.8 Å². The van der Waals surface area contributed by atoms with E-state index in [9.17, 15) is 13.2 Å². The summed E-state index contributed by atoms with van der Waals surface area (Å²) in [6.45, 7) is 2.97. The lowest BCUT2D eigenvalue weighted by Gasteiger charge is -2.29. The summed E-state index contributed by atoms with van der Waals surface area (Å²) >= 11 is 0. The standard InChI is InChI=1S/C11H18N4O3S/c1-9(11(16)15-7-3-2-4-8-15)14-19(17,18)10-5-6-12-13-10/h5-6,9,14H,2-4,7-8H2,1H3,(H,12,13). The van der Waals surface area contributed by atoms with Gasteiger partial charge in [-0.15, -0.1) is 0 Å². The van der Waals surface area contributed by atoms with Gasteiger partial charge < -0.3 is 4.90 Å². The molecule has 1 saturated heterocycles. The number of likely N-dealkylation sites (tertiary alicyclic amines) is 1. The Morgan fingerprint density at radius 1 is 1.42 bits per heavy atom. The lowest BCUT2D eigenvalue weighted by Crippen LogP contribution is -2.48. The number of nitrogens with one attached hydrogen (secondary N) is 2. The average molecular weight is 286 g/mol. The number of aromatic amines is 1. The summed E-state index contributed by atoms with van der Waals surface area (Å²) < 4.78 is 26.2. The summed E-state index contributed by atoms with van der Waals surface area (Å²) in [7, 11) is -3.72. The van der Waals surface area contributed by atoms with Gasteiger partial charge in [-0.05, 0) is 32.3 Å². The van der Waals surface area contributed by atoms with Crippen LogP contribution in [0.3, 0.4) is 0 Å². The minimum Gasteiger partial charge on any atom is -0.341 e. The molecule has 1 fully saturated rings. The Bertz CT molecular complexity index is 520. The zero-order valence-corrected chi connectivity index (χ0v) is 11.6. The first-order valence-corrected chi connectivity index (χ1v) is 7.79. The van der Waals surface area contributed by atoms with Crippen molar-refractivity contribution in [2.75, 3.05) is 13.1 Å². The molecular weight excluding hydrogens is 268 g/mol. The van der Waals surface area contributed by atoms with Gasteiger partial charge in [0, 0.05) is 13.1 Å². The van der Waals surface area contributed by atoms with Gasteiger partial charge in [-0.3, -0.25) is 9.89 Å². The molecule has 106 valence electrons. The largest absolute Gasteiger partial charge is 0.341 e. The second-order valence-corrected chi connectivity index (χ2v) is 6.33. The summed E-state index contributed by atoms with van der Waals surface area (Å²) in [5.74, 6) is -0.178. The van der Waals surface area contributed by atoms with Crippen molar-refractivity contribution in [2.24, 2.45) is 0 Å². The van der Waals surface area contributed by atoms with Gasteiger partial charge in [0.25, 0.3) is 10.0 Å². The first-order valence-electron chi connectivity index (χ1n) is 6.31. The zero-order valence-electron chi connectivity index (χ0n) is 10.8. The zero-order chi connectivity index (χ0) is 13.9. The summed E-state index contributed by atoms with van der Waals surface area (Å²) in [6.07, 6.45) is 4.43. The van der Waals surface area contributed by atoms with Crippen molar-refractivity contribution in [3.05, 3.63) is 12.3 Å². The minimum atomic E-state index is -3.72. The quantitative estimate of drug-likeness (QED) is 0.820. The Hall–Kier alpha value is -1.41. The SMILES string of the molecule is CC(NS(=O)(=O)c1ccn[nH]1)C(=O)N1CCCCC1. The third-order valence-electron chi connectivity index (χ3n) is 3.13. The molecule has 1 unspecified atom stereocenters. The van der Waals surface area contributed by atoms with Crippen LogP contribution in [-0.4, -0.2) is 48.6 Å². The van der Waals surface area contributed by atoms with Gasteiger partial charge in [-0.1, -0.05) is 0 Å². The monoisotopic (exact) mass is 286 g/mol. The molecule has 19 heavy (non-hydrogen) atoms. The Balaban J connectivity index is 2.00. The molecule has 0 bridgehead atoms. The summed E-state index contributed by atoms with van der Waals surface area (Å²) in [6, 6.07) is 0.576. The van der Waals surface area contributed by atoms with E-state index in [1.165, 1.54) is 12.3 Å². The highest BCUT2D eigenvalue weighted by atomic mass is 32.2. The molecule has 2 heterocycles. The highest BCUT2D eigenvalue weighted by Gasteiger charge is 2.27. The Morgan fingerprint density at radius 3 is 2.68 bits per heavy atom. The van der Waals surface area contributed by atoms with Crippen LogP contribution in [0.1, 0.15) is 26.2 Å². The van der Waals surface area contributed by atoms with Crippen LogP contribution < -0.4 is 4.72 Å². The molecule has 1 aliphatic heterocycles. The Labute approximate surface area is 112 Å². The van der Waals surface area contributed by atoms with Crippen LogP contribution >= 0.6 is 0 Å². The van der Waals surface area contributed by atoms with Crippen molar-refractivity contribution in [3.63, 3.8) is 0 Å². The summed E-state index contributed by atoms with van der Waals surface area (Å²) in [4.78, 5) is 13.8. The Kier molecular flexibility index (Phi) is 4.20. The van der Waals surface area contributed by atoms with Crippen LogP contribution in [0.4, 0.5) is 0 Å². The number of H-pyrrole nitrogens is 1. The molecule has 7 nitrogen and oxygen atoms in total. The van der Waals surface area contributed by atoms with Gasteiger partial charge >= 0.3 is 0 Å². The maximum Gasteiger partial charge on any atom is 0.258 e. The number of hydrogen-bond acceptors (Lipinski definition) is 4. The van der Waals surface area contributed by atoms with Gasteiger partial charge in [-0.25, -0.2) is 8.42 Å². The number of carbonyl (C=O) groups excluding carboxylic acids is 1. The molecule has 0 radical (unpaired) electrons. The van der Waals surface area contributed by atoms with Gasteiger partial charge in [-0.2, -0.15) is 9.82 Å². The lowest BCUT2D eigenvalue weighted by molar-refractivity contribution is -0.133. The number of amides is 1. The molecule has 1 aliphatic rings. The second-order valence-electron chi connectivity index (χ2n) is 4.65. The summed E-state index contributed by atoms with van der Waals surface area (Å²) in [5, 5.41) is 5.93. The molecule has 8 heteroatoms. The van der Waals surface area contributed by atoms with E-state index in [-0.39, 0.29) is 10.9 Å². The van der Waals surface area contributed by atoms with E-state index >= 15 is 0 Å². The molecule has 1 atom stereocenters. The van der Waals surface area contributed by atoms with Gasteiger partial charge in [0.2, 0.25) is 5.91 Å². The van der Waals surface area contributed by atoms with Gasteiger partial charge in [0.05, 0.1) is 12.2 Å². The normalized spacial score (nSPS) is 18.3. The molecule has 0 aliphatic carbocycles. The molecule has 2 rings (SSSR count). The predicted octanol–water partition coefficient (Wildman–Crippen LogP) is 0.0890. The van der Waals surface area contributed by atoms with Crippen LogP contribution in [0.15, 0.2) is 17.3 Å². The third kappa shape index (κ3) is 3.32. The Morgan fingerprint density at radius 2 is 2.11 bits per heavy atom. The van der Waals surface area contributed by atoms with Crippen molar-refractivity contribution in [3.8, 4) is 0 Å².